The third-order valence-corrected chi connectivity index (χ3v) is 5.86. The summed E-state index contributed by atoms with van der Waals surface area (Å²) in [7, 11) is 0. The first-order valence-corrected chi connectivity index (χ1v) is 10.7. The summed E-state index contributed by atoms with van der Waals surface area (Å²) in [4.78, 5) is 33.0. The summed E-state index contributed by atoms with van der Waals surface area (Å²) in [5.74, 6) is -0.399. The van der Waals surface area contributed by atoms with Crippen LogP contribution < -0.4 is 16.4 Å². The van der Waals surface area contributed by atoms with Crippen LogP contribution in [0.1, 0.15) is 35.2 Å². The first kappa shape index (κ1) is 21.2. The Balaban J connectivity index is 1.73. The Morgan fingerprint density at radius 2 is 2.00 bits per heavy atom. The molecule has 0 atom stereocenters. The molecule has 1 amide bonds. The fraction of sp³-hybridized carbons (Fsp3) is 0.455. The van der Waals surface area contributed by atoms with Gasteiger partial charge in [-0.1, -0.05) is 12.5 Å². The van der Waals surface area contributed by atoms with Crippen molar-refractivity contribution in [2.45, 2.75) is 32.7 Å². The van der Waals surface area contributed by atoms with Gasteiger partial charge >= 0.3 is 0 Å². The molecule has 0 bridgehead atoms. The highest BCUT2D eigenvalue weighted by Crippen LogP contribution is 2.13. The van der Waals surface area contributed by atoms with Crippen molar-refractivity contribution in [1.82, 2.24) is 24.2 Å². The monoisotopic (exact) mass is 424 g/mol. The highest BCUT2D eigenvalue weighted by Gasteiger charge is 2.18. The highest BCUT2D eigenvalue weighted by molar-refractivity contribution is 5.96. The lowest BCUT2D eigenvalue weighted by Crippen LogP contribution is -2.40. The van der Waals surface area contributed by atoms with E-state index >= 15 is 0 Å². The van der Waals surface area contributed by atoms with E-state index < -0.39 is 5.91 Å². The van der Waals surface area contributed by atoms with Gasteiger partial charge < -0.3 is 19.9 Å². The molecule has 0 aromatic carbocycles. The predicted octanol–water partition coefficient (Wildman–Crippen LogP) is 0.645. The minimum atomic E-state index is -0.399. The van der Waals surface area contributed by atoms with E-state index in [0.717, 1.165) is 25.2 Å². The molecule has 4 heterocycles. The van der Waals surface area contributed by atoms with Crippen LogP contribution in [0.3, 0.4) is 0 Å². The lowest BCUT2D eigenvalue weighted by atomic mass is 10.1. The average molecular weight is 425 g/mol. The molecule has 164 valence electrons. The van der Waals surface area contributed by atoms with Gasteiger partial charge in [0.05, 0.1) is 17.6 Å². The van der Waals surface area contributed by atoms with Gasteiger partial charge in [-0.15, -0.1) is 0 Å². The van der Waals surface area contributed by atoms with E-state index in [0.29, 0.717) is 17.8 Å². The fourth-order valence-corrected chi connectivity index (χ4v) is 4.19. The van der Waals surface area contributed by atoms with Crippen LogP contribution in [-0.4, -0.2) is 62.7 Å². The molecule has 0 unspecified atom stereocenters. The van der Waals surface area contributed by atoms with E-state index in [9.17, 15) is 14.7 Å². The number of likely N-dealkylation sites (tertiary alicyclic amines) is 1. The van der Waals surface area contributed by atoms with Gasteiger partial charge in [-0.25, -0.2) is 4.98 Å². The molecular weight excluding hydrogens is 396 g/mol. The van der Waals surface area contributed by atoms with Crippen molar-refractivity contribution in [3.63, 3.8) is 0 Å². The van der Waals surface area contributed by atoms with Gasteiger partial charge in [0.25, 0.3) is 11.5 Å². The van der Waals surface area contributed by atoms with Gasteiger partial charge in [0.2, 0.25) is 0 Å². The number of hydrogen-bond acceptors (Lipinski definition) is 6. The number of nitrogens with one attached hydrogen (secondary N) is 2. The molecule has 31 heavy (non-hydrogen) atoms. The molecule has 3 aromatic heterocycles. The first-order valence-electron chi connectivity index (χ1n) is 10.7. The molecule has 0 spiro atoms. The van der Waals surface area contributed by atoms with Crippen LogP contribution in [-0.2, 0) is 6.54 Å². The van der Waals surface area contributed by atoms with Crippen molar-refractivity contribution < 1.29 is 9.90 Å². The van der Waals surface area contributed by atoms with Crippen molar-refractivity contribution in [2.75, 3.05) is 32.8 Å². The number of rotatable bonds is 6. The summed E-state index contributed by atoms with van der Waals surface area (Å²) in [6, 6.07) is 5.08. The number of piperidine rings is 1. The molecule has 0 radical (unpaired) electrons. The van der Waals surface area contributed by atoms with Crippen molar-refractivity contribution in [1.29, 1.82) is 5.41 Å². The number of pyridine rings is 2. The van der Waals surface area contributed by atoms with Crippen molar-refractivity contribution in [2.24, 2.45) is 0 Å². The molecule has 9 nitrogen and oxygen atoms in total. The lowest BCUT2D eigenvalue weighted by Gasteiger charge is -2.26. The van der Waals surface area contributed by atoms with Gasteiger partial charge in [-0.2, -0.15) is 0 Å². The van der Waals surface area contributed by atoms with Crippen molar-refractivity contribution in [3.05, 3.63) is 51.4 Å². The Hall–Kier alpha value is -3.04. The molecule has 4 rings (SSSR count). The van der Waals surface area contributed by atoms with Crippen LogP contribution in [0.4, 0.5) is 0 Å². The van der Waals surface area contributed by atoms with Crippen LogP contribution in [0.5, 0.6) is 0 Å². The number of amides is 1. The molecule has 1 fully saturated rings. The quantitative estimate of drug-likeness (QED) is 0.503. The third kappa shape index (κ3) is 4.11. The Labute approximate surface area is 179 Å². The second-order valence-corrected chi connectivity index (χ2v) is 7.98. The van der Waals surface area contributed by atoms with E-state index in [1.54, 1.807) is 12.3 Å². The Morgan fingerprint density at radius 1 is 1.23 bits per heavy atom. The minimum absolute atomic E-state index is 0.0677. The SMILES string of the molecule is Cc1cccn2c(=O)c3cc(C(=O)NCCN4CCCCC4)c(=N)n(CCO)c3nc12. The summed E-state index contributed by atoms with van der Waals surface area (Å²) >= 11 is 0. The first-order chi connectivity index (χ1) is 15.0. The lowest BCUT2D eigenvalue weighted by molar-refractivity contribution is 0.0944. The van der Waals surface area contributed by atoms with Gasteiger partial charge in [0.1, 0.15) is 16.8 Å². The van der Waals surface area contributed by atoms with Crippen molar-refractivity contribution >= 4 is 22.6 Å². The number of aliphatic hydroxyl groups excluding tert-OH is 1. The number of carbonyl (C=O) groups is 1. The topological polar surface area (TPSA) is 116 Å². The summed E-state index contributed by atoms with van der Waals surface area (Å²) in [5.41, 5.74) is 1.34. The molecule has 0 aliphatic carbocycles. The number of aliphatic hydroxyl groups is 1. The number of aryl methyl sites for hydroxylation is 1. The second kappa shape index (κ2) is 8.99. The second-order valence-electron chi connectivity index (χ2n) is 7.98. The summed E-state index contributed by atoms with van der Waals surface area (Å²) in [6.07, 6.45) is 5.26. The molecule has 3 aromatic rings. The largest absolute Gasteiger partial charge is 0.395 e. The van der Waals surface area contributed by atoms with E-state index in [-0.39, 0.29) is 35.1 Å². The zero-order valence-electron chi connectivity index (χ0n) is 17.7. The van der Waals surface area contributed by atoms with Gasteiger partial charge in [-0.3, -0.25) is 19.4 Å². The van der Waals surface area contributed by atoms with Crippen LogP contribution in [0, 0.1) is 12.3 Å². The van der Waals surface area contributed by atoms with Gasteiger partial charge in [0.15, 0.2) is 0 Å². The van der Waals surface area contributed by atoms with Gasteiger partial charge in [-0.05, 0) is 50.6 Å². The highest BCUT2D eigenvalue weighted by atomic mass is 16.3. The van der Waals surface area contributed by atoms with Crippen LogP contribution in [0.25, 0.3) is 16.7 Å². The van der Waals surface area contributed by atoms with E-state index in [1.165, 1.54) is 34.3 Å². The molecule has 3 N–H and O–H groups in total. The molecule has 1 aliphatic heterocycles. The Morgan fingerprint density at radius 3 is 2.74 bits per heavy atom. The molecule has 1 saturated heterocycles. The number of aromatic nitrogens is 3. The average Bonchev–Trinajstić information content (AvgIpc) is 2.77. The van der Waals surface area contributed by atoms with E-state index in [1.807, 2.05) is 13.0 Å². The maximum atomic E-state index is 13.2. The minimum Gasteiger partial charge on any atom is -0.395 e. The van der Waals surface area contributed by atoms with Crippen LogP contribution >= 0.6 is 0 Å². The zero-order valence-corrected chi connectivity index (χ0v) is 17.7. The van der Waals surface area contributed by atoms with Crippen LogP contribution in [0.2, 0.25) is 0 Å². The predicted molar refractivity (Wildman–Crippen MR) is 117 cm³/mol. The number of fused-ring (bicyclic) bond motifs is 2. The molecule has 9 heteroatoms. The van der Waals surface area contributed by atoms with E-state index in [2.05, 4.69) is 15.2 Å². The molecular formula is C22H28N6O3. The zero-order chi connectivity index (χ0) is 22.0. The molecule has 1 aliphatic rings. The summed E-state index contributed by atoms with van der Waals surface area (Å²) in [5, 5.41) is 21.2. The number of nitrogens with zero attached hydrogens (tertiary/aromatic N) is 4. The smallest absolute Gasteiger partial charge is 0.267 e. The normalized spacial score (nSPS) is 14.9. The fourth-order valence-electron chi connectivity index (χ4n) is 4.19. The van der Waals surface area contributed by atoms with E-state index in [4.69, 9.17) is 5.41 Å². The number of hydrogen-bond donors (Lipinski definition) is 3. The van der Waals surface area contributed by atoms with Gasteiger partial charge in [0, 0.05) is 25.8 Å². The third-order valence-electron chi connectivity index (χ3n) is 5.86. The van der Waals surface area contributed by atoms with Crippen molar-refractivity contribution in [3.8, 4) is 0 Å². The maximum absolute atomic E-state index is 13.2. The molecule has 0 saturated carbocycles. The standard InChI is InChI=1S/C22H28N6O3/c1-15-6-5-10-28-19(15)25-20-17(22(28)31)14-16(18(23)27(20)12-13-29)21(30)24-7-11-26-8-3-2-4-9-26/h5-6,10,14,23,29H,2-4,7-9,11-13H2,1H3,(H,24,30). The summed E-state index contributed by atoms with van der Waals surface area (Å²) in [6.45, 7) is 5.01. The Bertz CT molecular complexity index is 1240. The summed E-state index contributed by atoms with van der Waals surface area (Å²) < 4.78 is 2.88. The van der Waals surface area contributed by atoms with Crippen LogP contribution in [0.15, 0.2) is 29.2 Å². The Kier molecular flexibility index (Phi) is 6.15. The number of carbonyl (C=O) groups excluding carboxylic acids is 1. The maximum Gasteiger partial charge on any atom is 0.267 e.